The first-order valence-electron chi connectivity index (χ1n) is 4.38. The molecule has 0 aliphatic carbocycles. The zero-order valence-corrected chi connectivity index (χ0v) is 7.64. The van der Waals surface area contributed by atoms with Crippen molar-refractivity contribution in [2.24, 2.45) is 0 Å². The average molecular weight is 153 g/mol. The summed E-state index contributed by atoms with van der Waals surface area (Å²) in [7, 11) is 0. The van der Waals surface area contributed by atoms with Gasteiger partial charge in [-0.05, 0) is 26.3 Å². The van der Waals surface area contributed by atoms with Gasteiger partial charge in [0.1, 0.15) is 0 Å². The third-order valence-electron chi connectivity index (χ3n) is 1.39. The highest BCUT2D eigenvalue weighted by atomic mass is 14.8. The number of rotatable bonds is 6. The van der Waals surface area contributed by atoms with E-state index in [9.17, 15) is 0 Å². The van der Waals surface area contributed by atoms with E-state index in [2.05, 4.69) is 36.5 Å². The van der Waals surface area contributed by atoms with E-state index >= 15 is 0 Å². The molecule has 0 amide bonds. The Balaban J connectivity index is 2.96. The van der Waals surface area contributed by atoms with Gasteiger partial charge in [0, 0.05) is 6.54 Å². The van der Waals surface area contributed by atoms with Crippen LogP contribution in [0.4, 0.5) is 0 Å². The van der Waals surface area contributed by atoms with Gasteiger partial charge in [-0.1, -0.05) is 31.2 Å². The second-order valence-electron chi connectivity index (χ2n) is 2.44. The minimum absolute atomic E-state index is 0.996. The van der Waals surface area contributed by atoms with Gasteiger partial charge in [0.25, 0.3) is 0 Å². The van der Waals surface area contributed by atoms with E-state index in [1.54, 1.807) is 0 Å². The Morgan fingerprint density at radius 2 is 2.00 bits per heavy atom. The Hall–Kier alpha value is -0.560. The normalized spacial score (nSPS) is 11.8. The highest BCUT2D eigenvalue weighted by molar-refractivity contribution is 4.83. The Kier molecular flexibility index (Phi) is 8.96. The van der Waals surface area contributed by atoms with Crippen LogP contribution in [0, 0.1) is 0 Å². The molecule has 0 heterocycles. The number of hydrogen-bond donors (Lipinski definition) is 1. The summed E-state index contributed by atoms with van der Waals surface area (Å²) >= 11 is 0. The summed E-state index contributed by atoms with van der Waals surface area (Å²) in [6.45, 7) is 6.28. The molecule has 0 spiro atoms. The number of hydrogen-bond acceptors (Lipinski definition) is 1. The van der Waals surface area contributed by atoms with E-state index in [1.807, 2.05) is 6.92 Å². The van der Waals surface area contributed by atoms with Gasteiger partial charge in [0.2, 0.25) is 0 Å². The maximum atomic E-state index is 3.31. The predicted octanol–water partition coefficient (Wildman–Crippen LogP) is 2.51. The van der Waals surface area contributed by atoms with Crippen LogP contribution < -0.4 is 5.32 Å². The van der Waals surface area contributed by atoms with Gasteiger partial charge in [-0.2, -0.15) is 0 Å². The molecule has 0 rings (SSSR count). The fourth-order valence-electron chi connectivity index (χ4n) is 0.773. The zero-order chi connectivity index (χ0) is 8.36. The molecule has 11 heavy (non-hydrogen) atoms. The molecule has 0 saturated carbocycles. The number of allylic oxidation sites excluding steroid dienone is 2. The van der Waals surface area contributed by atoms with Gasteiger partial charge >= 0.3 is 0 Å². The molecular weight excluding hydrogens is 134 g/mol. The fraction of sp³-hybridized carbons (Fsp3) is 0.600. The Morgan fingerprint density at radius 1 is 1.18 bits per heavy atom. The SMILES string of the molecule is C/C=C/CNCC/C=C/CC. The van der Waals surface area contributed by atoms with Gasteiger partial charge in [0.15, 0.2) is 0 Å². The van der Waals surface area contributed by atoms with Crippen LogP contribution in [-0.2, 0) is 0 Å². The van der Waals surface area contributed by atoms with Gasteiger partial charge in [-0.25, -0.2) is 0 Å². The second-order valence-corrected chi connectivity index (χ2v) is 2.44. The van der Waals surface area contributed by atoms with Crippen LogP contribution in [0.25, 0.3) is 0 Å². The lowest BCUT2D eigenvalue weighted by atomic mass is 10.3. The van der Waals surface area contributed by atoms with Crippen LogP contribution in [-0.4, -0.2) is 13.1 Å². The van der Waals surface area contributed by atoms with E-state index in [0.717, 1.165) is 25.9 Å². The first kappa shape index (κ1) is 10.4. The Morgan fingerprint density at radius 3 is 2.64 bits per heavy atom. The van der Waals surface area contributed by atoms with Gasteiger partial charge in [-0.3, -0.25) is 0 Å². The molecule has 0 bridgehead atoms. The zero-order valence-electron chi connectivity index (χ0n) is 7.64. The van der Waals surface area contributed by atoms with Crippen molar-refractivity contribution in [3.05, 3.63) is 24.3 Å². The van der Waals surface area contributed by atoms with Gasteiger partial charge < -0.3 is 5.32 Å². The van der Waals surface area contributed by atoms with Crippen molar-refractivity contribution in [1.29, 1.82) is 0 Å². The molecule has 0 fully saturated rings. The van der Waals surface area contributed by atoms with Crippen LogP contribution in [0.5, 0.6) is 0 Å². The largest absolute Gasteiger partial charge is 0.313 e. The van der Waals surface area contributed by atoms with Crippen molar-refractivity contribution >= 4 is 0 Å². The third kappa shape index (κ3) is 9.44. The molecule has 1 N–H and O–H groups in total. The average Bonchev–Trinajstić information content (AvgIpc) is 2.03. The van der Waals surface area contributed by atoms with Crippen LogP contribution in [0.15, 0.2) is 24.3 Å². The quantitative estimate of drug-likeness (QED) is 0.456. The molecule has 0 aromatic rings. The monoisotopic (exact) mass is 153 g/mol. The Labute approximate surface area is 70.2 Å². The third-order valence-corrected chi connectivity index (χ3v) is 1.39. The highest BCUT2D eigenvalue weighted by Crippen LogP contribution is 1.83. The van der Waals surface area contributed by atoms with E-state index < -0.39 is 0 Å². The lowest BCUT2D eigenvalue weighted by Crippen LogP contribution is -2.13. The molecule has 0 saturated heterocycles. The highest BCUT2D eigenvalue weighted by Gasteiger charge is 1.78. The molecule has 0 aliphatic rings. The van der Waals surface area contributed by atoms with E-state index in [-0.39, 0.29) is 0 Å². The summed E-state index contributed by atoms with van der Waals surface area (Å²) in [6, 6.07) is 0. The molecule has 0 aromatic heterocycles. The molecular formula is C10H19N. The van der Waals surface area contributed by atoms with E-state index in [4.69, 9.17) is 0 Å². The number of nitrogens with one attached hydrogen (secondary N) is 1. The van der Waals surface area contributed by atoms with Crippen molar-refractivity contribution in [3.8, 4) is 0 Å². The lowest BCUT2D eigenvalue weighted by molar-refractivity contribution is 0.755. The molecule has 0 unspecified atom stereocenters. The van der Waals surface area contributed by atoms with Crippen molar-refractivity contribution in [3.63, 3.8) is 0 Å². The summed E-state index contributed by atoms with van der Waals surface area (Å²) < 4.78 is 0. The summed E-state index contributed by atoms with van der Waals surface area (Å²) in [5.74, 6) is 0. The molecule has 1 nitrogen and oxygen atoms in total. The minimum atomic E-state index is 0.996. The standard InChI is InChI=1S/C10H19N/c1-3-5-7-8-10-11-9-6-4-2/h4-7,11H,3,8-10H2,1-2H3/b6-4+,7-5+. The molecule has 1 heteroatoms. The van der Waals surface area contributed by atoms with Crippen molar-refractivity contribution in [2.75, 3.05) is 13.1 Å². The Bertz CT molecular complexity index is 114. The van der Waals surface area contributed by atoms with Crippen molar-refractivity contribution in [2.45, 2.75) is 26.7 Å². The lowest BCUT2D eigenvalue weighted by Gasteiger charge is -1.95. The molecule has 0 aliphatic heterocycles. The summed E-state index contributed by atoms with van der Waals surface area (Å²) in [4.78, 5) is 0. The summed E-state index contributed by atoms with van der Waals surface area (Å²) in [5, 5.41) is 3.31. The second kappa shape index (κ2) is 9.44. The van der Waals surface area contributed by atoms with E-state index in [0.29, 0.717) is 0 Å². The maximum absolute atomic E-state index is 3.31. The topological polar surface area (TPSA) is 12.0 Å². The van der Waals surface area contributed by atoms with Crippen LogP contribution in [0.3, 0.4) is 0 Å². The first-order valence-corrected chi connectivity index (χ1v) is 4.38. The van der Waals surface area contributed by atoms with Crippen molar-refractivity contribution in [1.82, 2.24) is 5.32 Å². The fourth-order valence-corrected chi connectivity index (χ4v) is 0.773. The van der Waals surface area contributed by atoms with Gasteiger partial charge in [0.05, 0.1) is 0 Å². The molecule has 0 atom stereocenters. The summed E-state index contributed by atoms with van der Waals surface area (Å²) in [5.41, 5.74) is 0. The van der Waals surface area contributed by atoms with Crippen LogP contribution in [0.2, 0.25) is 0 Å². The maximum Gasteiger partial charge on any atom is 0.0134 e. The smallest absolute Gasteiger partial charge is 0.0134 e. The minimum Gasteiger partial charge on any atom is -0.313 e. The van der Waals surface area contributed by atoms with Gasteiger partial charge in [-0.15, -0.1) is 0 Å². The van der Waals surface area contributed by atoms with Crippen LogP contribution in [0.1, 0.15) is 26.7 Å². The van der Waals surface area contributed by atoms with Crippen LogP contribution >= 0.6 is 0 Å². The van der Waals surface area contributed by atoms with Crippen molar-refractivity contribution < 1.29 is 0 Å². The molecule has 64 valence electrons. The first-order chi connectivity index (χ1) is 5.41. The summed E-state index contributed by atoms with van der Waals surface area (Å²) in [6.07, 6.45) is 10.9. The van der Waals surface area contributed by atoms with E-state index in [1.165, 1.54) is 0 Å². The molecule has 0 radical (unpaired) electrons. The molecule has 0 aromatic carbocycles. The predicted molar refractivity (Wildman–Crippen MR) is 51.7 cm³/mol.